The lowest BCUT2D eigenvalue weighted by atomic mass is 10.1. The Labute approximate surface area is 117 Å². The van der Waals surface area contributed by atoms with Crippen molar-refractivity contribution >= 4 is 18.0 Å². The lowest BCUT2D eigenvalue weighted by Gasteiger charge is -2.33. The topological polar surface area (TPSA) is 18.5 Å². The molecule has 0 aliphatic carbocycles. The van der Waals surface area contributed by atoms with Crippen LogP contribution in [0.1, 0.15) is 5.56 Å². The Morgan fingerprint density at radius 1 is 1.26 bits per heavy atom. The van der Waals surface area contributed by atoms with E-state index in [0.717, 1.165) is 44.0 Å². The van der Waals surface area contributed by atoms with E-state index in [2.05, 4.69) is 27.6 Å². The Morgan fingerprint density at radius 3 is 2.84 bits per heavy atom. The highest BCUT2D eigenvalue weighted by molar-refractivity contribution is 7.97. The van der Waals surface area contributed by atoms with Crippen molar-refractivity contribution < 1.29 is 4.39 Å². The molecule has 2 heterocycles. The lowest BCUT2D eigenvalue weighted by molar-refractivity contribution is 0.163. The molecule has 1 fully saturated rings. The summed E-state index contributed by atoms with van der Waals surface area (Å²) in [4.78, 5) is 5.48. The maximum absolute atomic E-state index is 13.6. The second kappa shape index (κ2) is 5.53. The van der Waals surface area contributed by atoms with Crippen molar-refractivity contribution in [3.8, 4) is 0 Å². The van der Waals surface area contributed by atoms with Gasteiger partial charge < -0.3 is 9.62 Å². The first-order chi connectivity index (χ1) is 9.22. The molecule has 2 aliphatic rings. The maximum atomic E-state index is 13.6. The number of halogens is 1. The fourth-order valence-electron chi connectivity index (χ4n) is 2.41. The summed E-state index contributed by atoms with van der Waals surface area (Å²) in [6.45, 7) is 5.33. The lowest BCUT2D eigenvalue weighted by Crippen LogP contribution is -2.45. The number of rotatable bonds is 2. The van der Waals surface area contributed by atoms with Crippen molar-refractivity contribution in [2.75, 3.05) is 39.8 Å². The van der Waals surface area contributed by atoms with E-state index >= 15 is 0 Å². The van der Waals surface area contributed by atoms with E-state index in [-0.39, 0.29) is 5.82 Å². The fourth-order valence-corrected chi connectivity index (χ4v) is 3.17. The second-order valence-corrected chi connectivity index (χ2v) is 5.93. The summed E-state index contributed by atoms with van der Waals surface area (Å²) >= 11 is 1.38. The molecule has 0 radical (unpaired) electrons. The van der Waals surface area contributed by atoms with Gasteiger partial charge in [-0.2, -0.15) is 0 Å². The molecule has 0 amide bonds. The summed E-state index contributed by atoms with van der Waals surface area (Å²) in [5.74, 6) is -0.148. The van der Waals surface area contributed by atoms with Crippen LogP contribution in [0.15, 0.2) is 28.8 Å². The molecule has 102 valence electrons. The smallest absolute Gasteiger partial charge is 0.139 e. The highest BCUT2D eigenvalue weighted by Gasteiger charge is 2.18. The minimum absolute atomic E-state index is 0.148. The molecule has 3 rings (SSSR count). The number of nitrogens with one attached hydrogen (secondary N) is 1. The van der Waals surface area contributed by atoms with E-state index in [4.69, 9.17) is 0 Å². The SMILES string of the molecule is CN1CCN(CC2=Cc3cccc(F)c3SN2)CC1. The summed E-state index contributed by atoms with van der Waals surface area (Å²) < 4.78 is 16.9. The van der Waals surface area contributed by atoms with E-state index < -0.39 is 0 Å². The van der Waals surface area contributed by atoms with Crippen LogP contribution in [-0.2, 0) is 0 Å². The molecule has 0 unspecified atom stereocenters. The molecule has 1 N–H and O–H groups in total. The van der Waals surface area contributed by atoms with E-state index in [1.807, 2.05) is 6.07 Å². The highest BCUT2D eigenvalue weighted by Crippen LogP contribution is 2.30. The van der Waals surface area contributed by atoms with Gasteiger partial charge in [0, 0.05) is 38.4 Å². The molecule has 1 saturated heterocycles. The molecule has 3 nitrogen and oxygen atoms in total. The Balaban J connectivity index is 1.70. The zero-order chi connectivity index (χ0) is 13.2. The Hall–Kier alpha value is -1.04. The monoisotopic (exact) mass is 279 g/mol. The molecular weight excluding hydrogens is 261 g/mol. The van der Waals surface area contributed by atoms with Gasteiger partial charge in [0.15, 0.2) is 0 Å². The van der Waals surface area contributed by atoms with Crippen molar-refractivity contribution in [2.24, 2.45) is 0 Å². The van der Waals surface area contributed by atoms with Crippen LogP contribution in [0.5, 0.6) is 0 Å². The molecule has 5 heteroatoms. The average Bonchev–Trinajstić information content (AvgIpc) is 2.42. The summed E-state index contributed by atoms with van der Waals surface area (Å²) in [7, 11) is 2.16. The standard InChI is InChI=1S/C14H18FN3S/c1-17-5-7-18(8-6-17)10-12-9-11-3-2-4-13(15)14(11)19-16-12/h2-4,9,16H,5-8,10H2,1H3. The largest absolute Gasteiger partial charge is 0.328 e. The van der Waals surface area contributed by atoms with E-state index in [0.29, 0.717) is 4.90 Å². The van der Waals surface area contributed by atoms with Gasteiger partial charge in [-0.1, -0.05) is 12.1 Å². The minimum Gasteiger partial charge on any atom is -0.328 e. The van der Waals surface area contributed by atoms with Crippen molar-refractivity contribution in [2.45, 2.75) is 4.90 Å². The normalized spacial score (nSPS) is 20.6. The summed E-state index contributed by atoms with van der Waals surface area (Å²) in [5.41, 5.74) is 2.14. The molecule has 2 aliphatic heterocycles. The van der Waals surface area contributed by atoms with Crippen LogP contribution in [0.3, 0.4) is 0 Å². The quantitative estimate of drug-likeness (QED) is 0.835. The fraction of sp³-hybridized carbons (Fsp3) is 0.429. The van der Waals surface area contributed by atoms with Gasteiger partial charge in [0.25, 0.3) is 0 Å². The number of hydrogen-bond acceptors (Lipinski definition) is 4. The van der Waals surface area contributed by atoms with Gasteiger partial charge in [-0.3, -0.25) is 4.90 Å². The molecule has 0 atom stereocenters. The molecule has 0 spiro atoms. The van der Waals surface area contributed by atoms with Gasteiger partial charge in [0.2, 0.25) is 0 Å². The van der Waals surface area contributed by atoms with Crippen molar-refractivity contribution in [1.29, 1.82) is 0 Å². The first kappa shape index (κ1) is 13.0. The van der Waals surface area contributed by atoms with Gasteiger partial charge in [-0.25, -0.2) is 4.39 Å². The van der Waals surface area contributed by atoms with Crippen LogP contribution in [-0.4, -0.2) is 49.6 Å². The van der Waals surface area contributed by atoms with E-state index in [1.54, 1.807) is 6.07 Å². The van der Waals surface area contributed by atoms with Gasteiger partial charge in [0.1, 0.15) is 5.82 Å². The van der Waals surface area contributed by atoms with Gasteiger partial charge in [-0.05, 0) is 36.7 Å². The van der Waals surface area contributed by atoms with Crippen molar-refractivity contribution in [1.82, 2.24) is 14.5 Å². The highest BCUT2D eigenvalue weighted by atomic mass is 32.2. The van der Waals surface area contributed by atoms with Crippen LogP contribution in [0.2, 0.25) is 0 Å². The summed E-state index contributed by atoms with van der Waals surface area (Å²) in [5, 5.41) is 0. The molecule has 0 saturated carbocycles. The zero-order valence-corrected chi connectivity index (χ0v) is 11.8. The van der Waals surface area contributed by atoms with Gasteiger partial charge >= 0.3 is 0 Å². The summed E-state index contributed by atoms with van der Waals surface area (Å²) in [6, 6.07) is 5.24. The minimum atomic E-state index is -0.148. The van der Waals surface area contributed by atoms with Crippen molar-refractivity contribution in [3.63, 3.8) is 0 Å². The third-order valence-corrected chi connectivity index (χ3v) is 4.60. The zero-order valence-electron chi connectivity index (χ0n) is 11.0. The average molecular weight is 279 g/mol. The number of fused-ring (bicyclic) bond motifs is 1. The van der Waals surface area contributed by atoms with Crippen LogP contribution in [0.25, 0.3) is 6.08 Å². The maximum Gasteiger partial charge on any atom is 0.139 e. The van der Waals surface area contributed by atoms with Gasteiger partial charge in [0.05, 0.1) is 4.90 Å². The number of piperazine rings is 1. The molecule has 1 aromatic carbocycles. The van der Waals surface area contributed by atoms with Crippen LogP contribution in [0.4, 0.5) is 4.39 Å². The predicted octanol–water partition coefficient (Wildman–Crippen LogP) is 2.02. The molecule has 1 aromatic rings. The van der Waals surface area contributed by atoms with E-state index in [1.165, 1.54) is 18.0 Å². The number of likely N-dealkylation sites (N-methyl/N-ethyl adjacent to an activating group) is 1. The number of nitrogens with zero attached hydrogens (tertiary/aromatic N) is 2. The van der Waals surface area contributed by atoms with Crippen LogP contribution < -0.4 is 4.72 Å². The third-order valence-electron chi connectivity index (χ3n) is 3.60. The first-order valence-electron chi connectivity index (χ1n) is 6.55. The Bertz CT molecular complexity index is 495. The third kappa shape index (κ3) is 2.94. The number of hydrogen-bond donors (Lipinski definition) is 1. The summed E-state index contributed by atoms with van der Waals surface area (Å²) in [6.07, 6.45) is 2.06. The van der Waals surface area contributed by atoms with E-state index in [9.17, 15) is 4.39 Å². The Morgan fingerprint density at radius 2 is 2.05 bits per heavy atom. The molecular formula is C14H18FN3S. The van der Waals surface area contributed by atoms with Crippen LogP contribution in [0, 0.1) is 5.82 Å². The molecule has 19 heavy (non-hydrogen) atoms. The van der Waals surface area contributed by atoms with Crippen LogP contribution >= 0.6 is 11.9 Å². The molecule has 0 aromatic heterocycles. The first-order valence-corrected chi connectivity index (χ1v) is 7.37. The number of benzene rings is 1. The Kier molecular flexibility index (Phi) is 3.77. The second-order valence-electron chi connectivity index (χ2n) is 5.11. The predicted molar refractivity (Wildman–Crippen MR) is 77.3 cm³/mol. The van der Waals surface area contributed by atoms with Gasteiger partial charge in [-0.15, -0.1) is 0 Å². The van der Waals surface area contributed by atoms with Crippen molar-refractivity contribution in [3.05, 3.63) is 35.3 Å². The molecule has 0 bridgehead atoms.